The summed E-state index contributed by atoms with van der Waals surface area (Å²) in [4.78, 5) is 15.7. The molecule has 16 heavy (non-hydrogen) atoms. The maximum Gasteiger partial charge on any atom is 0.360 e. The molecule has 2 rings (SSSR count). The predicted molar refractivity (Wildman–Crippen MR) is 63.3 cm³/mol. The van der Waals surface area contributed by atoms with E-state index in [0.29, 0.717) is 12.3 Å². The zero-order valence-corrected chi connectivity index (χ0v) is 10.2. The van der Waals surface area contributed by atoms with E-state index in [1.165, 1.54) is 0 Å². The number of rotatable bonds is 2. The monoisotopic (exact) mass is 283 g/mol. The van der Waals surface area contributed by atoms with Crippen LogP contribution in [-0.2, 0) is 4.74 Å². The first-order valence-electron chi connectivity index (χ1n) is 4.74. The van der Waals surface area contributed by atoms with Gasteiger partial charge in [-0.15, -0.1) is 0 Å². The van der Waals surface area contributed by atoms with E-state index < -0.39 is 5.97 Å². The fourth-order valence-corrected chi connectivity index (χ4v) is 1.95. The van der Waals surface area contributed by atoms with Crippen molar-refractivity contribution in [1.29, 1.82) is 0 Å². The van der Waals surface area contributed by atoms with Crippen molar-refractivity contribution >= 4 is 33.4 Å². The van der Waals surface area contributed by atoms with Crippen LogP contribution in [0.5, 0.6) is 0 Å². The fraction of sp³-hybridized carbons (Fsp3) is 0.200. The van der Waals surface area contributed by atoms with E-state index in [1.54, 1.807) is 17.4 Å². The van der Waals surface area contributed by atoms with Crippen LogP contribution in [0.1, 0.15) is 17.4 Å². The van der Waals surface area contributed by atoms with Crippen LogP contribution in [0.4, 0.5) is 5.82 Å². The molecule has 0 saturated heterocycles. The molecule has 2 aromatic rings. The Hall–Kier alpha value is -1.56. The van der Waals surface area contributed by atoms with Gasteiger partial charge in [-0.3, -0.25) is 4.40 Å². The lowest BCUT2D eigenvalue weighted by atomic mass is 10.4. The standard InChI is InChI=1S/C10H10BrN3O2/c1-2-16-10(15)8-9(12)14-6(11)4-3-5-7(14)13-8/h3-5H,2,12H2,1H3. The lowest BCUT2D eigenvalue weighted by Gasteiger charge is -2.00. The SMILES string of the molecule is CCOC(=O)c1nc2cccc(Br)n2c1N. The number of esters is 1. The lowest BCUT2D eigenvalue weighted by molar-refractivity contribution is 0.0521. The van der Waals surface area contributed by atoms with Gasteiger partial charge in [0, 0.05) is 0 Å². The van der Waals surface area contributed by atoms with Gasteiger partial charge in [-0.1, -0.05) is 6.07 Å². The van der Waals surface area contributed by atoms with Crippen molar-refractivity contribution < 1.29 is 9.53 Å². The first kappa shape index (κ1) is 10.9. The van der Waals surface area contributed by atoms with Gasteiger partial charge in [0.05, 0.1) is 11.2 Å². The van der Waals surface area contributed by atoms with E-state index in [9.17, 15) is 4.79 Å². The van der Waals surface area contributed by atoms with Gasteiger partial charge in [0.2, 0.25) is 0 Å². The summed E-state index contributed by atoms with van der Waals surface area (Å²) in [5.41, 5.74) is 6.59. The number of aromatic nitrogens is 2. The first-order valence-corrected chi connectivity index (χ1v) is 5.54. The number of carbonyl (C=O) groups excluding carboxylic acids is 1. The summed E-state index contributed by atoms with van der Waals surface area (Å²) in [6, 6.07) is 5.41. The average Bonchev–Trinajstić information content (AvgIpc) is 2.58. The molecule has 84 valence electrons. The van der Waals surface area contributed by atoms with Gasteiger partial charge in [-0.25, -0.2) is 9.78 Å². The number of hydrogen-bond acceptors (Lipinski definition) is 4. The summed E-state index contributed by atoms with van der Waals surface area (Å²) in [6.45, 7) is 2.03. The molecule has 0 aliphatic carbocycles. The largest absolute Gasteiger partial charge is 0.461 e. The van der Waals surface area contributed by atoms with Gasteiger partial charge >= 0.3 is 5.97 Å². The predicted octanol–water partition coefficient (Wildman–Crippen LogP) is 1.86. The highest BCUT2D eigenvalue weighted by Crippen LogP contribution is 2.21. The van der Waals surface area contributed by atoms with Crippen molar-refractivity contribution in [3.63, 3.8) is 0 Å². The molecule has 6 heteroatoms. The zero-order valence-electron chi connectivity index (χ0n) is 8.61. The van der Waals surface area contributed by atoms with Crippen LogP contribution in [0.2, 0.25) is 0 Å². The van der Waals surface area contributed by atoms with E-state index in [-0.39, 0.29) is 11.5 Å². The summed E-state index contributed by atoms with van der Waals surface area (Å²) in [5, 5.41) is 0. The van der Waals surface area contributed by atoms with Crippen molar-refractivity contribution in [2.24, 2.45) is 0 Å². The third kappa shape index (κ3) is 1.65. The quantitative estimate of drug-likeness (QED) is 0.675. The normalized spacial score (nSPS) is 10.6. The number of hydrogen-bond donors (Lipinski definition) is 1. The number of nitrogen functional groups attached to an aromatic ring is 1. The highest BCUT2D eigenvalue weighted by Gasteiger charge is 2.18. The summed E-state index contributed by atoms with van der Waals surface area (Å²) < 4.78 is 7.25. The smallest absolute Gasteiger partial charge is 0.360 e. The number of anilines is 1. The summed E-state index contributed by atoms with van der Waals surface area (Å²) in [6.07, 6.45) is 0. The highest BCUT2D eigenvalue weighted by molar-refractivity contribution is 9.10. The molecule has 0 aliphatic rings. The highest BCUT2D eigenvalue weighted by atomic mass is 79.9. The van der Waals surface area contributed by atoms with E-state index >= 15 is 0 Å². The summed E-state index contributed by atoms with van der Waals surface area (Å²) in [5.74, 6) is -0.225. The van der Waals surface area contributed by atoms with Crippen LogP contribution in [0.3, 0.4) is 0 Å². The first-order chi connectivity index (χ1) is 7.65. The van der Waals surface area contributed by atoms with Crippen LogP contribution in [0.25, 0.3) is 5.65 Å². The minimum absolute atomic E-state index is 0.147. The Morgan fingerprint density at radius 3 is 3.00 bits per heavy atom. The van der Waals surface area contributed by atoms with Crippen molar-refractivity contribution in [3.05, 3.63) is 28.5 Å². The lowest BCUT2D eigenvalue weighted by Crippen LogP contribution is -2.08. The van der Waals surface area contributed by atoms with Gasteiger partial charge in [0.25, 0.3) is 0 Å². The van der Waals surface area contributed by atoms with Gasteiger partial charge in [0.15, 0.2) is 5.69 Å². The number of imidazole rings is 1. The Morgan fingerprint density at radius 1 is 1.62 bits per heavy atom. The van der Waals surface area contributed by atoms with Gasteiger partial charge < -0.3 is 10.5 Å². The van der Waals surface area contributed by atoms with E-state index in [2.05, 4.69) is 20.9 Å². The Kier molecular flexibility index (Phi) is 2.82. The Labute approximate surface area is 100 Å². The van der Waals surface area contributed by atoms with E-state index in [4.69, 9.17) is 10.5 Å². The van der Waals surface area contributed by atoms with Crippen molar-refractivity contribution in [1.82, 2.24) is 9.38 Å². The fourth-order valence-electron chi connectivity index (χ4n) is 1.43. The van der Waals surface area contributed by atoms with Crippen LogP contribution >= 0.6 is 15.9 Å². The molecule has 0 bridgehead atoms. The third-order valence-corrected chi connectivity index (χ3v) is 2.72. The molecule has 0 aromatic carbocycles. The van der Waals surface area contributed by atoms with E-state index in [1.807, 2.05) is 12.1 Å². The number of fused-ring (bicyclic) bond motifs is 1. The second-order valence-electron chi connectivity index (χ2n) is 3.11. The van der Waals surface area contributed by atoms with Gasteiger partial charge in [-0.05, 0) is 35.0 Å². The Bertz CT molecular complexity index is 550. The molecular weight excluding hydrogens is 274 g/mol. The number of pyridine rings is 1. The average molecular weight is 284 g/mol. The molecule has 0 spiro atoms. The topological polar surface area (TPSA) is 69.6 Å². The minimum atomic E-state index is -0.504. The number of ether oxygens (including phenoxy) is 1. The summed E-state index contributed by atoms with van der Waals surface area (Å²) in [7, 11) is 0. The number of nitrogens with two attached hydrogens (primary N) is 1. The molecule has 2 aromatic heterocycles. The third-order valence-electron chi connectivity index (χ3n) is 2.10. The molecule has 2 N–H and O–H groups in total. The molecular formula is C10H10BrN3O2. The van der Waals surface area contributed by atoms with Crippen LogP contribution in [-0.4, -0.2) is 22.0 Å². The van der Waals surface area contributed by atoms with E-state index in [0.717, 1.165) is 4.60 Å². The molecule has 0 aliphatic heterocycles. The number of halogens is 1. The molecule has 5 nitrogen and oxygen atoms in total. The Morgan fingerprint density at radius 2 is 2.38 bits per heavy atom. The Balaban J connectivity index is 2.61. The maximum atomic E-state index is 11.6. The van der Waals surface area contributed by atoms with Crippen LogP contribution in [0.15, 0.2) is 22.8 Å². The van der Waals surface area contributed by atoms with Crippen LogP contribution < -0.4 is 5.73 Å². The molecule has 0 atom stereocenters. The van der Waals surface area contributed by atoms with Gasteiger partial charge in [0.1, 0.15) is 11.5 Å². The zero-order chi connectivity index (χ0) is 11.7. The number of carbonyl (C=O) groups is 1. The molecule has 0 unspecified atom stereocenters. The van der Waals surface area contributed by atoms with Crippen molar-refractivity contribution in [2.75, 3.05) is 12.3 Å². The van der Waals surface area contributed by atoms with Gasteiger partial charge in [-0.2, -0.15) is 0 Å². The van der Waals surface area contributed by atoms with Crippen molar-refractivity contribution in [3.8, 4) is 0 Å². The minimum Gasteiger partial charge on any atom is -0.461 e. The second kappa shape index (κ2) is 4.13. The molecule has 0 saturated carbocycles. The maximum absolute atomic E-state index is 11.6. The molecule has 2 heterocycles. The molecule has 0 radical (unpaired) electrons. The number of nitrogens with zero attached hydrogens (tertiary/aromatic N) is 2. The second-order valence-corrected chi connectivity index (χ2v) is 3.92. The summed E-state index contributed by atoms with van der Waals surface area (Å²) >= 11 is 3.34. The van der Waals surface area contributed by atoms with Crippen LogP contribution in [0, 0.1) is 0 Å². The molecule has 0 amide bonds. The van der Waals surface area contributed by atoms with Crippen molar-refractivity contribution in [2.45, 2.75) is 6.92 Å². The molecule has 0 fully saturated rings.